The third-order valence-electron chi connectivity index (χ3n) is 2.35. The molecule has 7 heteroatoms. The summed E-state index contributed by atoms with van der Waals surface area (Å²) in [4.78, 5) is 22.5. The fourth-order valence-electron chi connectivity index (χ4n) is 1.34. The molecule has 20 heavy (non-hydrogen) atoms. The quantitative estimate of drug-likeness (QED) is 0.818. The predicted octanol–water partition coefficient (Wildman–Crippen LogP) is 2.34. The van der Waals surface area contributed by atoms with Gasteiger partial charge in [0.2, 0.25) is 0 Å². The summed E-state index contributed by atoms with van der Waals surface area (Å²) in [5, 5.41) is 1.69. The summed E-state index contributed by atoms with van der Waals surface area (Å²) in [6.07, 6.45) is -4.07. The molecule has 0 saturated carbocycles. The zero-order chi connectivity index (χ0) is 15.2. The number of hydrogen-bond acceptors (Lipinski definition) is 3. The Kier molecular flexibility index (Phi) is 5.54. The van der Waals surface area contributed by atoms with E-state index in [0.717, 1.165) is 0 Å². The summed E-state index contributed by atoms with van der Waals surface area (Å²) < 4.78 is 40.5. The highest BCUT2D eigenvalue weighted by Gasteiger charge is 2.27. The first-order valence-electron chi connectivity index (χ1n) is 5.91. The molecule has 0 heterocycles. The minimum atomic E-state index is -4.45. The molecule has 0 fully saturated rings. The summed E-state index contributed by atoms with van der Waals surface area (Å²) in [7, 11) is 0. The van der Waals surface area contributed by atoms with Gasteiger partial charge in [0, 0.05) is 12.0 Å². The zero-order valence-electron chi connectivity index (χ0n) is 10.8. The van der Waals surface area contributed by atoms with Crippen molar-refractivity contribution in [3.8, 4) is 5.75 Å². The van der Waals surface area contributed by atoms with Crippen LogP contribution in [0.15, 0.2) is 24.3 Å². The molecule has 0 aliphatic carbocycles. The van der Waals surface area contributed by atoms with Gasteiger partial charge in [0.25, 0.3) is 5.91 Å². The molecule has 0 spiro atoms. The smallest absolute Gasteiger partial charge is 0.405 e. The van der Waals surface area contributed by atoms with E-state index in [9.17, 15) is 22.8 Å². The van der Waals surface area contributed by atoms with E-state index in [1.807, 2.05) is 0 Å². The monoisotopic (exact) mass is 289 g/mol. The molecule has 110 valence electrons. The van der Waals surface area contributed by atoms with Crippen LogP contribution in [-0.4, -0.2) is 31.0 Å². The highest BCUT2D eigenvalue weighted by atomic mass is 19.4. The Balaban J connectivity index is 2.42. The number of carbonyl (C=O) groups is 2. The third kappa shape index (κ3) is 5.73. The molecule has 0 aliphatic heterocycles. The molecule has 0 aromatic heterocycles. The zero-order valence-corrected chi connectivity index (χ0v) is 10.8. The maximum Gasteiger partial charge on any atom is 0.405 e. The van der Waals surface area contributed by atoms with Crippen LogP contribution in [0.3, 0.4) is 0 Å². The first-order chi connectivity index (χ1) is 9.31. The molecule has 0 bridgehead atoms. The Bertz CT molecular complexity index is 469. The van der Waals surface area contributed by atoms with Gasteiger partial charge in [0.05, 0.1) is 0 Å². The number of halogens is 3. The van der Waals surface area contributed by atoms with Crippen LogP contribution in [-0.2, 0) is 4.79 Å². The number of ketones is 1. The maximum absolute atomic E-state index is 11.8. The van der Waals surface area contributed by atoms with E-state index in [0.29, 0.717) is 17.7 Å². The first-order valence-corrected chi connectivity index (χ1v) is 5.91. The van der Waals surface area contributed by atoms with Crippen molar-refractivity contribution in [3.63, 3.8) is 0 Å². The van der Waals surface area contributed by atoms with E-state index in [-0.39, 0.29) is 5.78 Å². The molecule has 0 saturated heterocycles. The van der Waals surface area contributed by atoms with Crippen molar-refractivity contribution < 1.29 is 27.5 Å². The Morgan fingerprint density at radius 1 is 1.20 bits per heavy atom. The number of benzene rings is 1. The second-order valence-corrected chi connectivity index (χ2v) is 3.98. The molecule has 1 N–H and O–H groups in total. The van der Waals surface area contributed by atoms with Gasteiger partial charge in [0.15, 0.2) is 12.4 Å². The van der Waals surface area contributed by atoms with Crippen LogP contribution in [0, 0.1) is 0 Å². The lowest BCUT2D eigenvalue weighted by atomic mass is 10.1. The minimum absolute atomic E-state index is 0.0283. The normalized spacial score (nSPS) is 11.0. The number of ether oxygens (including phenoxy) is 1. The molecule has 1 rings (SSSR count). The van der Waals surface area contributed by atoms with Crippen molar-refractivity contribution in [1.29, 1.82) is 0 Å². The predicted molar refractivity (Wildman–Crippen MR) is 65.6 cm³/mol. The summed E-state index contributed by atoms with van der Waals surface area (Å²) in [6.45, 7) is -0.173. The van der Waals surface area contributed by atoms with Crippen LogP contribution >= 0.6 is 0 Å². The molecular formula is C13H14F3NO3. The van der Waals surface area contributed by atoms with Gasteiger partial charge < -0.3 is 10.1 Å². The standard InChI is InChI=1S/C13H14F3NO3/c1-2-11(18)9-3-5-10(6-4-9)20-7-12(19)17-8-13(14,15)16/h3-6H,2,7-8H2,1H3,(H,17,19). The molecule has 0 radical (unpaired) electrons. The van der Waals surface area contributed by atoms with Crippen LogP contribution in [0.5, 0.6) is 5.75 Å². The Morgan fingerprint density at radius 3 is 2.30 bits per heavy atom. The van der Waals surface area contributed by atoms with Crippen LogP contribution < -0.4 is 10.1 Å². The lowest BCUT2D eigenvalue weighted by molar-refractivity contribution is -0.139. The number of nitrogens with one attached hydrogen (secondary N) is 1. The largest absolute Gasteiger partial charge is 0.484 e. The minimum Gasteiger partial charge on any atom is -0.484 e. The van der Waals surface area contributed by atoms with Gasteiger partial charge in [0.1, 0.15) is 12.3 Å². The lowest BCUT2D eigenvalue weighted by Crippen LogP contribution is -2.36. The number of alkyl halides is 3. The van der Waals surface area contributed by atoms with Crippen molar-refractivity contribution in [1.82, 2.24) is 5.32 Å². The number of rotatable bonds is 6. The molecule has 0 atom stereocenters. The summed E-state index contributed by atoms with van der Waals surface area (Å²) >= 11 is 0. The Hall–Kier alpha value is -2.05. The van der Waals surface area contributed by atoms with Gasteiger partial charge in [-0.25, -0.2) is 0 Å². The fourth-order valence-corrected chi connectivity index (χ4v) is 1.34. The number of amides is 1. The van der Waals surface area contributed by atoms with E-state index in [1.54, 1.807) is 12.2 Å². The SMILES string of the molecule is CCC(=O)c1ccc(OCC(=O)NCC(F)(F)F)cc1. The first kappa shape index (κ1) is 16.0. The second-order valence-electron chi connectivity index (χ2n) is 3.98. The maximum atomic E-state index is 11.8. The van der Waals surface area contributed by atoms with Gasteiger partial charge in [-0.2, -0.15) is 13.2 Å². The van der Waals surface area contributed by atoms with Crippen LogP contribution in [0.2, 0.25) is 0 Å². The van der Waals surface area contributed by atoms with E-state index >= 15 is 0 Å². The van der Waals surface area contributed by atoms with Crippen molar-refractivity contribution in [3.05, 3.63) is 29.8 Å². The summed E-state index contributed by atoms with van der Waals surface area (Å²) in [5.74, 6) is -0.588. The van der Waals surface area contributed by atoms with Crippen molar-refractivity contribution in [2.24, 2.45) is 0 Å². The molecule has 0 unspecified atom stereocenters. The van der Waals surface area contributed by atoms with Gasteiger partial charge >= 0.3 is 6.18 Å². The van der Waals surface area contributed by atoms with Gasteiger partial charge in [-0.1, -0.05) is 6.92 Å². The fraction of sp³-hybridized carbons (Fsp3) is 0.385. The van der Waals surface area contributed by atoms with E-state index in [2.05, 4.69) is 0 Å². The highest BCUT2D eigenvalue weighted by Crippen LogP contribution is 2.14. The number of carbonyl (C=O) groups excluding carboxylic acids is 2. The van der Waals surface area contributed by atoms with E-state index in [1.165, 1.54) is 24.3 Å². The number of hydrogen-bond donors (Lipinski definition) is 1. The molecular weight excluding hydrogens is 275 g/mol. The van der Waals surface area contributed by atoms with Crippen LogP contribution in [0.1, 0.15) is 23.7 Å². The average molecular weight is 289 g/mol. The van der Waals surface area contributed by atoms with Crippen molar-refractivity contribution in [2.75, 3.05) is 13.2 Å². The van der Waals surface area contributed by atoms with Crippen molar-refractivity contribution in [2.45, 2.75) is 19.5 Å². The molecule has 1 aromatic rings. The van der Waals surface area contributed by atoms with Crippen LogP contribution in [0.25, 0.3) is 0 Å². The molecule has 1 amide bonds. The van der Waals surface area contributed by atoms with Gasteiger partial charge in [-0.05, 0) is 24.3 Å². The van der Waals surface area contributed by atoms with Gasteiger partial charge in [-0.15, -0.1) is 0 Å². The Labute approximate surface area is 113 Å². The van der Waals surface area contributed by atoms with Gasteiger partial charge in [-0.3, -0.25) is 9.59 Å². The number of Topliss-reactive ketones (excluding diaryl/α,β-unsaturated/α-hetero) is 1. The summed E-state index contributed by atoms with van der Waals surface area (Å²) in [5.41, 5.74) is 0.515. The van der Waals surface area contributed by atoms with E-state index in [4.69, 9.17) is 4.74 Å². The average Bonchev–Trinajstić information content (AvgIpc) is 2.41. The lowest BCUT2D eigenvalue weighted by Gasteiger charge is -2.09. The van der Waals surface area contributed by atoms with Crippen LogP contribution in [0.4, 0.5) is 13.2 Å². The summed E-state index contributed by atoms with van der Waals surface area (Å²) in [6, 6.07) is 6.05. The highest BCUT2D eigenvalue weighted by molar-refractivity contribution is 5.95. The molecule has 0 aliphatic rings. The van der Waals surface area contributed by atoms with Crippen molar-refractivity contribution >= 4 is 11.7 Å². The Morgan fingerprint density at radius 2 is 1.80 bits per heavy atom. The third-order valence-corrected chi connectivity index (χ3v) is 2.35. The van der Waals surface area contributed by atoms with E-state index < -0.39 is 25.2 Å². The second kappa shape index (κ2) is 6.93. The molecule has 1 aromatic carbocycles. The molecule has 4 nitrogen and oxygen atoms in total. The topological polar surface area (TPSA) is 55.4 Å².